The quantitative estimate of drug-likeness (QED) is 0.796. The molecule has 0 spiro atoms. The molecule has 1 aromatic carbocycles. The average molecular weight is 337 g/mol. The van der Waals surface area contributed by atoms with Gasteiger partial charge in [-0.15, -0.1) is 0 Å². The summed E-state index contributed by atoms with van der Waals surface area (Å²) in [5.41, 5.74) is 4.38. The average Bonchev–Trinajstić information content (AvgIpc) is 3.21. The highest BCUT2D eigenvalue weighted by Crippen LogP contribution is 2.29. The first-order valence-electron chi connectivity index (χ1n) is 8.64. The second-order valence-corrected chi connectivity index (χ2v) is 6.61. The normalized spacial score (nSPS) is 18.6. The Morgan fingerprint density at radius 3 is 2.76 bits per heavy atom. The van der Waals surface area contributed by atoms with Crippen molar-refractivity contribution in [3.8, 4) is 17.1 Å². The van der Waals surface area contributed by atoms with Crippen LogP contribution in [0.2, 0.25) is 0 Å². The Labute approximate surface area is 147 Å². The van der Waals surface area contributed by atoms with Crippen molar-refractivity contribution < 1.29 is 4.52 Å². The maximum absolute atomic E-state index is 5.61. The van der Waals surface area contributed by atoms with Gasteiger partial charge < -0.3 is 14.4 Å². The number of benzene rings is 1. The Bertz CT molecular complexity index is 867. The minimum atomic E-state index is 0.156. The van der Waals surface area contributed by atoms with Gasteiger partial charge in [-0.2, -0.15) is 4.98 Å². The molecule has 3 heterocycles. The summed E-state index contributed by atoms with van der Waals surface area (Å²) in [5, 5.41) is 7.63. The van der Waals surface area contributed by atoms with Crippen LogP contribution in [0.25, 0.3) is 17.1 Å². The van der Waals surface area contributed by atoms with E-state index in [1.807, 2.05) is 18.2 Å². The summed E-state index contributed by atoms with van der Waals surface area (Å²) in [7, 11) is 2.10. The third-order valence-corrected chi connectivity index (χ3v) is 4.93. The zero-order chi connectivity index (χ0) is 17.4. The number of aryl methyl sites for hydroxylation is 1. The number of piperazine rings is 1. The van der Waals surface area contributed by atoms with Crippen LogP contribution >= 0.6 is 0 Å². The molecular formula is C19H23N5O. The third-order valence-electron chi connectivity index (χ3n) is 4.93. The van der Waals surface area contributed by atoms with Crippen LogP contribution in [-0.2, 0) is 0 Å². The fourth-order valence-corrected chi connectivity index (χ4v) is 3.53. The monoisotopic (exact) mass is 337 g/mol. The fraction of sp³-hybridized carbons (Fsp3) is 0.368. The molecule has 0 radical (unpaired) electrons. The smallest absolute Gasteiger partial charge is 0.259 e. The minimum absolute atomic E-state index is 0.156. The zero-order valence-corrected chi connectivity index (χ0v) is 14.9. The van der Waals surface area contributed by atoms with Crippen molar-refractivity contribution in [3.05, 3.63) is 53.6 Å². The van der Waals surface area contributed by atoms with E-state index in [9.17, 15) is 0 Å². The van der Waals surface area contributed by atoms with Crippen molar-refractivity contribution >= 4 is 0 Å². The lowest BCUT2D eigenvalue weighted by Gasteiger charge is -2.30. The SMILES string of the molecule is Cc1cc(-c2nc(C3CNCCN3C)no2)c(C)n1-c1ccccc1. The van der Waals surface area contributed by atoms with E-state index in [-0.39, 0.29) is 6.04 Å². The van der Waals surface area contributed by atoms with Gasteiger partial charge in [-0.1, -0.05) is 23.4 Å². The first kappa shape index (κ1) is 16.1. The summed E-state index contributed by atoms with van der Waals surface area (Å²) in [6, 6.07) is 12.6. The molecule has 4 rings (SSSR count). The van der Waals surface area contributed by atoms with Gasteiger partial charge in [0.1, 0.15) is 0 Å². The van der Waals surface area contributed by atoms with Gasteiger partial charge in [-0.05, 0) is 39.1 Å². The number of rotatable bonds is 3. The maximum Gasteiger partial charge on any atom is 0.259 e. The van der Waals surface area contributed by atoms with Gasteiger partial charge in [0.15, 0.2) is 5.82 Å². The Balaban J connectivity index is 1.70. The maximum atomic E-state index is 5.61. The van der Waals surface area contributed by atoms with Gasteiger partial charge in [0.2, 0.25) is 0 Å². The van der Waals surface area contributed by atoms with E-state index in [2.05, 4.69) is 59.0 Å². The van der Waals surface area contributed by atoms with Crippen LogP contribution in [0.5, 0.6) is 0 Å². The van der Waals surface area contributed by atoms with E-state index in [1.54, 1.807) is 0 Å². The Morgan fingerprint density at radius 1 is 1.20 bits per heavy atom. The first-order chi connectivity index (χ1) is 12.1. The number of hydrogen-bond donors (Lipinski definition) is 1. The van der Waals surface area contributed by atoms with Crippen molar-refractivity contribution in [2.75, 3.05) is 26.7 Å². The molecule has 1 N–H and O–H groups in total. The summed E-state index contributed by atoms with van der Waals surface area (Å²) in [4.78, 5) is 6.95. The summed E-state index contributed by atoms with van der Waals surface area (Å²) in [6.45, 7) is 7.01. The zero-order valence-electron chi connectivity index (χ0n) is 14.9. The first-order valence-corrected chi connectivity index (χ1v) is 8.64. The number of nitrogens with zero attached hydrogens (tertiary/aromatic N) is 4. The standard InChI is InChI=1S/C19H23N5O/c1-13-11-16(14(2)24(13)15-7-5-4-6-8-15)19-21-18(22-25-19)17-12-20-9-10-23(17)3/h4-8,11,17,20H,9-10,12H2,1-3H3. The summed E-state index contributed by atoms with van der Waals surface area (Å²) in [6.07, 6.45) is 0. The number of likely N-dealkylation sites (N-methyl/N-ethyl adjacent to an activating group) is 1. The summed E-state index contributed by atoms with van der Waals surface area (Å²) >= 11 is 0. The van der Waals surface area contributed by atoms with E-state index < -0.39 is 0 Å². The molecule has 6 nitrogen and oxygen atoms in total. The van der Waals surface area contributed by atoms with Crippen LogP contribution in [0.4, 0.5) is 0 Å². The molecule has 1 fully saturated rings. The molecule has 25 heavy (non-hydrogen) atoms. The van der Waals surface area contributed by atoms with Gasteiger partial charge >= 0.3 is 0 Å². The Morgan fingerprint density at radius 2 is 2.00 bits per heavy atom. The lowest BCUT2D eigenvalue weighted by Crippen LogP contribution is -2.44. The van der Waals surface area contributed by atoms with Crippen LogP contribution in [-0.4, -0.2) is 46.3 Å². The minimum Gasteiger partial charge on any atom is -0.334 e. The third kappa shape index (κ3) is 2.88. The van der Waals surface area contributed by atoms with Gasteiger partial charge in [-0.3, -0.25) is 4.90 Å². The highest BCUT2D eigenvalue weighted by Gasteiger charge is 2.26. The lowest BCUT2D eigenvalue weighted by molar-refractivity contribution is 0.190. The lowest BCUT2D eigenvalue weighted by atomic mass is 10.2. The number of nitrogens with one attached hydrogen (secondary N) is 1. The molecule has 2 aromatic heterocycles. The second kappa shape index (κ2) is 6.46. The molecule has 1 aliphatic rings. The highest BCUT2D eigenvalue weighted by molar-refractivity contribution is 5.61. The molecular weight excluding hydrogens is 314 g/mol. The van der Waals surface area contributed by atoms with Gasteiger partial charge in [0.25, 0.3) is 5.89 Å². The van der Waals surface area contributed by atoms with E-state index >= 15 is 0 Å². The van der Waals surface area contributed by atoms with Crippen molar-refractivity contribution in [3.63, 3.8) is 0 Å². The molecule has 1 aliphatic heterocycles. The molecule has 1 atom stereocenters. The fourth-order valence-electron chi connectivity index (χ4n) is 3.53. The van der Waals surface area contributed by atoms with Crippen LogP contribution in [0, 0.1) is 13.8 Å². The number of aromatic nitrogens is 3. The molecule has 0 aliphatic carbocycles. The van der Waals surface area contributed by atoms with E-state index in [0.29, 0.717) is 5.89 Å². The predicted molar refractivity (Wildman–Crippen MR) is 96.8 cm³/mol. The van der Waals surface area contributed by atoms with E-state index in [4.69, 9.17) is 9.51 Å². The molecule has 6 heteroatoms. The van der Waals surface area contributed by atoms with Crippen LogP contribution < -0.4 is 5.32 Å². The predicted octanol–water partition coefficient (Wildman–Crippen LogP) is 2.72. The Kier molecular flexibility index (Phi) is 4.15. The molecule has 0 saturated carbocycles. The van der Waals surface area contributed by atoms with Crippen LogP contribution in [0.1, 0.15) is 23.3 Å². The molecule has 3 aromatic rings. The summed E-state index contributed by atoms with van der Waals surface area (Å²) < 4.78 is 7.82. The molecule has 130 valence electrons. The molecule has 1 saturated heterocycles. The van der Waals surface area contributed by atoms with Crippen molar-refractivity contribution in [2.45, 2.75) is 19.9 Å². The van der Waals surface area contributed by atoms with Crippen molar-refractivity contribution in [2.24, 2.45) is 0 Å². The van der Waals surface area contributed by atoms with Crippen LogP contribution in [0.3, 0.4) is 0 Å². The second-order valence-electron chi connectivity index (χ2n) is 6.61. The van der Waals surface area contributed by atoms with Gasteiger partial charge in [0, 0.05) is 36.7 Å². The molecule has 0 bridgehead atoms. The highest BCUT2D eigenvalue weighted by atomic mass is 16.5. The van der Waals surface area contributed by atoms with Crippen LogP contribution in [0.15, 0.2) is 40.9 Å². The molecule has 1 unspecified atom stereocenters. The van der Waals surface area contributed by atoms with Gasteiger partial charge in [0.05, 0.1) is 11.6 Å². The van der Waals surface area contributed by atoms with E-state index in [0.717, 1.165) is 48.1 Å². The Hall–Kier alpha value is -2.44. The number of hydrogen-bond acceptors (Lipinski definition) is 5. The van der Waals surface area contributed by atoms with Gasteiger partial charge in [-0.25, -0.2) is 0 Å². The topological polar surface area (TPSA) is 59.1 Å². The van der Waals surface area contributed by atoms with Crippen molar-refractivity contribution in [1.29, 1.82) is 0 Å². The number of para-hydroxylation sites is 1. The largest absolute Gasteiger partial charge is 0.334 e. The van der Waals surface area contributed by atoms with Crippen molar-refractivity contribution in [1.82, 2.24) is 24.9 Å². The summed E-state index contributed by atoms with van der Waals surface area (Å²) in [5.74, 6) is 1.33. The molecule has 0 amide bonds. The van der Waals surface area contributed by atoms with E-state index in [1.165, 1.54) is 0 Å².